The third-order valence-electron chi connectivity index (χ3n) is 12.0. The average Bonchev–Trinajstić information content (AvgIpc) is 4.18. The van der Waals surface area contributed by atoms with Crippen LogP contribution in [0.25, 0.3) is 49.9 Å². The van der Waals surface area contributed by atoms with Crippen molar-refractivity contribution in [2.75, 3.05) is 26.2 Å². The molecule has 2 aromatic carbocycles. The molecule has 0 radical (unpaired) electrons. The molecule has 2 aliphatic heterocycles. The van der Waals surface area contributed by atoms with Gasteiger partial charge in [0.2, 0.25) is 11.8 Å². The number of carbonyl (C=O) groups excluding carboxylic acids is 2. The van der Waals surface area contributed by atoms with E-state index in [1.54, 1.807) is 47.3 Å². The summed E-state index contributed by atoms with van der Waals surface area (Å²) >= 11 is 14.7. The summed E-state index contributed by atoms with van der Waals surface area (Å²) in [6.07, 6.45) is -1.85. The molecule has 2 fully saturated rings. The molecule has 23 heteroatoms. The zero-order valence-corrected chi connectivity index (χ0v) is 40.9. The van der Waals surface area contributed by atoms with E-state index in [2.05, 4.69) is 30.9 Å². The Kier molecular flexibility index (Phi) is 15.6. The van der Waals surface area contributed by atoms with Crippen molar-refractivity contribution in [1.29, 1.82) is 0 Å². The Bertz CT molecular complexity index is 3440. The molecule has 8 heterocycles. The van der Waals surface area contributed by atoms with E-state index >= 15 is 0 Å². The molecule has 10 rings (SSSR count). The summed E-state index contributed by atoms with van der Waals surface area (Å²) in [5.41, 5.74) is -1.50. The van der Waals surface area contributed by atoms with Gasteiger partial charge in [-0.2, -0.15) is 26.3 Å². The van der Waals surface area contributed by atoms with Gasteiger partial charge in [-0.05, 0) is 101 Å². The van der Waals surface area contributed by atoms with Crippen molar-refractivity contribution in [2.45, 2.75) is 50.6 Å². The summed E-state index contributed by atoms with van der Waals surface area (Å²) in [5.74, 6) is -0.342. The van der Waals surface area contributed by atoms with Gasteiger partial charge in [0.25, 0.3) is 11.1 Å². The number of aromatic nitrogens is 6. The lowest BCUT2D eigenvalue weighted by Gasteiger charge is -2.16. The van der Waals surface area contributed by atoms with E-state index < -0.39 is 62.9 Å². The molecule has 2 aliphatic rings. The lowest BCUT2D eigenvalue weighted by atomic mass is 10.0. The van der Waals surface area contributed by atoms with Crippen molar-refractivity contribution >= 4 is 72.8 Å². The van der Waals surface area contributed by atoms with Crippen LogP contribution in [0.4, 0.5) is 35.1 Å². The number of H-pyrrole nitrogens is 1. The predicted octanol–water partition coefficient (Wildman–Crippen LogP) is 11.2. The molecule has 8 aromatic rings. The minimum Gasteiger partial charge on any atom is -0.360 e. The molecule has 2 atom stereocenters. The van der Waals surface area contributed by atoms with Crippen LogP contribution in [-0.2, 0) is 35.0 Å². The molecule has 1 N–H and O–H groups in total. The fourth-order valence-corrected chi connectivity index (χ4v) is 9.10. The molecule has 2 unspecified atom stereocenters. The highest BCUT2D eigenvalue weighted by molar-refractivity contribution is 9.10. The molecular formula is C50H39BrCl2F8N8O4. The average molecular weight is 1120 g/mol. The quantitative estimate of drug-likeness (QED) is 0.125. The molecule has 0 saturated carbocycles. The topological polar surface area (TPSA) is 131 Å². The van der Waals surface area contributed by atoms with Crippen molar-refractivity contribution in [3.05, 3.63) is 169 Å². The van der Waals surface area contributed by atoms with Crippen LogP contribution in [0.15, 0.2) is 136 Å². The number of fused-ring (bicyclic) bond motifs is 2. The lowest BCUT2D eigenvalue weighted by molar-refractivity contribution is -0.138. The molecule has 2 saturated heterocycles. The fourth-order valence-electron chi connectivity index (χ4n) is 8.38. The number of nitrogens with one attached hydrogen (secondary N) is 1. The van der Waals surface area contributed by atoms with Gasteiger partial charge in [-0.15, -0.1) is 0 Å². The predicted molar refractivity (Wildman–Crippen MR) is 263 cm³/mol. The highest BCUT2D eigenvalue weighted by Crippen LogP contribution is 2.40. The first-order valence-corrected chi connectivity index (χ1v) is 23.7. The number of amides is 2. The van der Waals surface area contributed by atoms with Crippen LogP contribution in [0.2, 0.25) is 10.0 Å². The molecule has 6 aromatic heterocycles. The van der Waals surface area contributed by atoms with E-state index in [9.17, 15) is 54.3 Å². The number of pyridine rings is 4. The lowest BCUT2D eigenvalue weighted by Crippen LogP contribution is -2.35. The number of hydrogen-bond donors (Lipinski definition) is 1. The minimum atomic E-state index is -4.69. The van der Waals surface area contributed by atoms with Gasteiger partial charge in [-0.1, -0.05) is 47.5 Å². The summed E-state index contributed by atoms with van der Waals surface area (Å²) in [6, 6.07) is 20.9. The van der Waals surface area contributed by atoms with E-state index in [-0.39, 0.29) is 91.0 Å². The van der Waals surface area contributed by atoms with Gasteiger partial charge in [-0.25, -0.2) is 18.7 Å². The second-order valence-electron chi connectivity index (χ2n) is 16.8. The maximum Gasteiger partial charge on any atom is 0.417 e. The molecule has 380 valence electrons. The molecule has 2 amide bonds. The number of aromatic amines is 1. The van der Waals surface area contributed by atoms with Crippen LogP contribution >= 0.6 is 39.1 Å². The van der Waals surface area contributed by atoms with E-state index in [4.69, 9.17) is 23.2 Å². The van der Waals surface area contributed by atoms with Gasteiger partial charge >= 0.3 is 12.4 Å². The molecular weight excluding hydrogens is 1080 g/mol. The van der Waals surface area contributed by atoms with Gasteiger partial charge in [0.1, 0.15) is 35.9 Å². The van der Waals surface area contributed by atoms with Crippen molar-refractivity contribution in [3.63, 3.8) is 0 Å². The van der Waals surface area contributed by atoms with Crippen LogP contribution in [0, 0.1) is 0 Å². The Morgan fingerprint density at radius 3 is 1.66 bits per heavy atom. The van der Waals surface area contributed by atoms with Crippen LogP contribution in [0.1, 0.15) is 24.0 Å². The first-order valence-electron chi connectivity index (χ1n) is 22.2. The van der Waals surface area contributed by atoms with E-state index in [0.717, 1.165) is 28.9 Å². The van der Waals surface area contributed by atoms with E-state index in [1.807, 2.05) is 18.2 Å². The number of nitrogens with zero attached hydrogens (tertiary/aromatic N) is 7. The van der Waals surface area contributed by atoms with Gasteiger partial charge in [0, 0.05) is 61.4 Å². The SMILES string of the molecule is Brc1ccccn1.O=C(Cn1ccc2[nH]cc(-c3ccc(Cl)c(C(F)(F)F)c3)c2c1=O)N1CCC(F)C1.O=C(Cn1ccc2c(c(-c3ccc(Cl)c(C(F)(F)F)c3)cn2-c2ccccn2)c1=O)N1CCC(F)C1. The first kappa shape index (κ1) is 52.5. The van der Waals surface area contributed by atoms with Gasteiger partial charge in [-0.3, -0.25) is 19.2 Å². The summed E-state index contributed by atoms with van der Waals surface area (Å²) < 4.78 is 112. The summed E-state index contributed by atoms with van der Waals surface area (Å²) in [4.78, 5) is 65.4. The Hall–Kier alpha value is -6.84. The number of halogens is 11. The molecule has 12 nitrogen and oxygen atoms in total. The Labute approximate surface area is 427 Å². The molecule has 0 bridgehead atoms. The first-order chi connectivity index (χ1) is 34.7. The third kappa shape index (κ3) is 11.8. The van der Waals surface area contributed by atoms with Gasteiger partial charge in [0.15, 0.2) is 0 Å². The third-order valence-corrected chi connectivity index (χ3v) is 13.1. The highest BCUT2D eigenvalue weighted by atomic mass is 79.9. The summed E-state index contributed by atoms with van der Waals surface area (Å²) in [7, 11) is 0. The largest absolute Gasteiger partial charge is 0.417 e. The zero-order chi connectivity index (χ0) is 52.4. The van der Waals surface area contributed by atoms with Crippen molar-refractivity contribution in [2.24, 2.45) is 0 Å². The molecule has 0 aliphatic carbocycles. The van der Waals surface area contributed by atoms with Crippen LogP contribution < -0.4 is 11.1 Å². The van der Waals surface area contributed by atoms with Crippen LogP contribution in [0.3, 0.4) is 0 Å². The van der Waals surface area contributed by atoms with Crippen LogP contribution in [0.5, 0.6) is 0 Å². The Balaban J connectivity index is 0.000000174. The Morgan fingerprint density at radius 2 is 1.19 bits per heavy atom. The number of benzene rings is 2. The minimum absolute atomic E-state index is 0.00374. The molecule has 73 heavy (non-hydrogen) atoms. The van der Waals surface area contributed by atoms with Crippen molar-refractivity contribution in [1.82, 2.24) is 38.5 Å². The second kappa shape index (κ2) is 21.7. The second-order valence-corrected chi connectivity index (χ2v) is 18.5. The van der Waals surface area contributed by atoms with Gasteiger partial charge < -0.3 is 28.5 Å². The maximum atomic E-state index is 13.6. The van der Waals surface area contributed by atoms with E-state index in [1.165, 1.54) is 55.9 Å². The Morgan fingerprint density at radius 1 is 0.671 bits per heavy atom. The number of carbonyl (C=O) groups is 2. The van der Waals surface area contributed by atoms with E-state index in [0.29, 0.717) is 16.9 Å². The normalized spacial score (nSPS) is 15.8. The van der Waals surface area contributed by atoms with Gasteiger partial charge in [0.05, 0.1) is 56.1 Å². The number of alkyl halides is 8. The monoisotopic (exact) mass is 1120 g/mol. The number of likely N-dealkylation sites (tertiary alicyclic amines) is 2. The number of hydrogen-bond acceptors (Lipinski definition) is 6. The molecule has 0 spiro atoms. The maximum absolute atomic E-state index is 13.6. The van der Waals surface area contributed by atoms with Crippen molar-refractivity contribution < 1.29 is 44.7 Å². The zero-order valence-electron chi connectivity index (χ0n) is 37.8. The summed E-state index contributed by atoms with van der Waals surface area (Å²) in [6.45, 7) is -0.0658. The standard InChI is InChI=1S/C25H19ClF4N4O2.C20H16ClF4N3O2.C5H4BrN/c26-19-5-4-15(11-18(19)25(28,29)30)17-13-34(21-3-1-2-8-31-21)20-7-10-33(24(36)23(17)20)14-22(35)32-9-6-16(27)12-32;21-15-2-1-11(7-14(15)20(23,24)25)13-8-26-16-4-6-28(19(30)18(13)16)10-17(29)27-5-3-12(22)9-27;6-5-3-1-2-4-7-5/h1-5,7-8,10-11,13,16H,6,9,12,14H2;1-2,4,6-8,12,26H,3,5,9-10H2;1-4H. The van der Waals surface area contributed by atoms with Crippen molar-refractivity contribution in [3.8, 4) is 28.1 Å². The summed E-state index contributed by atoms with van der Waals surface area (Å²) in [5, 5.41) is -0.618. The highest BCUT2D eigenvalue weighted by Gasteiger charge is 2.35. The number of rotatable bonds is 7. The van der Waals surface area contributed by atoms with Crippen LogP contribution in [-0.4, -0.2) is 88.8 Å². The fraction of sp³-hybridized carbons (Fsp3) is 0.240. The smallest absolute Gasteiger partial charge is 0.360 e.